The van der Waals surface area contributed by atoms with E-state index in [2.05, 4.69) is 33.6 Å². The van der Waals surface area contributed by atoms with Gasteiger partial charge in [-0.15, -0.1) is 0 Å². The number of carbonyl (C=O) groups is 2. The Balaban J connectivity index is 0.000000396. The zero-order valence-electron chi connectivity index (χ0n) is 17.3. The predicted octanol–water partition coefficient (Wildman–Crippen LogP) is 3.76. The summed E-state index contributed by atoms with van der Waals surface area (Å²) in [6.07, 6.45) is 0.0418. The maximum Gasteiger partial charge on any atom is 0.490 e. The van der Waals surface area contributed by atoms with Gasteiger partial charge in [0.2, 0.25) is 5.91 Å². The molecule has 0 aliphatic carbocycles. The molecule has 0 radical (unpaired) electrons. The fourth-order valence-electron chi connectivity index (χ4n) is 4.67. The first-order valence-corrected chi connectivity index (χ1v) is 10.9. The molecule has 1 amide bonds. The number of halogens is 3. The largest absolute Gasteiger partial charge is 0.490 e. The molecule has 2 aliphatic heterocycles. The van der Waals surface area contributed by atoms with Crippen molar-refractivity contribution in [3.05, 3.63) is 22.4 Å². The fourth-order valence-corrected chi connectivity index (χ4v) is 5.33. The molecule has 2 aliphatic rings. The number of carbonyl (C=O) groups excluding carboxylic acids is 1. The highest BCUT2D eigenvalue weighted by atomic mass is 32.1. The van der Waals surface area contributed by atoms with E-state index in [1.165, 1.54) is 12.0 Å². The molecule has 2 saturated heterocycles. The standard InChI is InChI=1S/C18H28N2O2S.C2HF3O2/c1-3-16-18(8-5-17(21)20(18)10-11-22-2)7-4-9-19(16)13-15-6-12-23-14-15;3-2(4,5)1(6)7/h6,12,14,16H,3-5,7-11,13H2,1-2H3;(H,6,7)/t16-,18+;/m1./s1. The van der Waals surface area contributed by atoms with E-state index < -0.39 is 12.1 Å². The second kappa shape index (κ2) is 10.6. The van der Waals surface area contributed by atoms with Crippen LogP contribution in [0.15, 0.2) is 16.8 Å². The average Bonchev–Trinajstić information content (AvgIpc) is 3.29. The molecule has 10 heteroatoms. The van der Waals surface area contributed by atoms with Crippen LogP contribution in [0.25, 0.3) is 0 Å². The lowest BCUT2D eigenvalue weighted by atomic mass is 9.77. The lowest BCUT2D eigenvalue weighted by Gasteiger charge is -2.52. The molecule has 0 unspecified atom stereocenters. The second-order valence-electron chi connectivity index (χ2n) is 7.57. The Kier molecular flexibility index (Phi) is 8.69. The van der Waals surface area contributed by atoms with E-state index in [0.29, 0.717) is 25.0 Å². The summed E-state index contributed by atoms with van der Waals surface area (Å²) in [7, 11) is 1.72. The number of carboxylic acid groups (broad SMARTS) is 1. The molecule has 1 N–H and O–H groups in total. The van der Waals surface area contributed by atoms with Gasteiger partial charge in [0.25, 0.3) is 0 Å². The van der Waals surface area contributed by atoms with Crippen molar-refractivity contribution < 1.29 is 32.6 Å². The number of hydrogen-bond acceptors (Lipinski definition) is 5. The minimum Gasteiger partial charge on any atom is -0.475 e. The molecule has 170 valence electrons. The molecule has 6 nitrogen and oxygen atoms in total. The molecule has 0 aromatic carbocycles. The van der Waals surface area contributed by atoms with Crippen LogP contribution in [0.5, 0.6) is 0 Å². The highest BCUT2D eigenvalue weighted by Crippen LogP contribution is 2.43. The zero-order chi connectivity index (χ0) is 22.4. The number of ether oxygens (including phenoxy) is 1. The van der Waals surface area contributed by atoms with Gasteiger partial charge >= 0.3 is 12.1 Å². The van der Waals surface area contributed by atoms with Gasteiger partial charge in [0, 0.05) is 32.7 Å². The van der Waals surface area contributed by atoms with Crippen LogP contribution in [0, 0.1) is 0 Å². The molecule has 1 aromatic rings. The second-order valence-corrected chi connectivity index (χ2v) is 8.35. The van der Waals surface area contributed by atoms with Crippen molar-refractivity contribution in [3.8, 4) is 0 Å². The molecule has 1 aromatic heterocycles. The number of hydrogen-bond donors (Lipinski definition) is 1. The molecule has 3 rings (SSSR count). The molecule has 30 heavy (non-hydrogen) atoms. The van der Waals surface area contributed by atoms with Crippen molar-refractivity contribution in [3.63, 3.8) is 0 Å². The Morgan fingerprint density at radius 1 is 1.40 bits per heavy atom. The van der Waals surface area contributed by atoms with Crippen molar-refractivity contribution in [2.75, 3.05) is 26.8 Å². The number of methoxy groups -OCH3 is 1. The highest BCUT2D eigenvalue weighted by molar-refractivity contribution is 7.07. The van der Waals surface area contributed by atoms with Crippen molar-refractivity contribution in [1.82, 2.24) is 9.80 Å². The first-order chi connectivity index (χ1) is 14.2. The first kappa shape index (κ1) is 24.6. The number of carboxylic acids is 1. The number of rotatable bonds is 6. The zero-order valence-corrected chi connectivity index (χ0v) is 18.1. The van der Waals surface area contributed by atoms with E-state index in [0.717, 1.165) is 38.9 Å². The summed E-state index contributed by atoms with van der Waals surface area (Å²) < 4.78 is 37.0. The summed E-state index contributed by atoms with van der Waals surface area (Å²) in [6, 6.07) is 2.68. The average molecular weight is 451 g/mol. The monoisotopic (exact) mass is 450 g/mol. The topological polar surface area (TPSA) is 70.1 Å². The highest BCUT2D eigenvalue weighted by Gasteiger charge is 2.52. The summed E-state index contributed by atoms with van der Waals surface area (Å²) in [5.74, 6) is -2.44. The summed E-state index contributed by atoms with van der Waals surface area (Å²) >= 11 is 1.77. The van der Waals surface area contributed by atoms with Gasteiger partial charge in [-0.1, -0.05) is 6.92 Å². The maximum atomic E-state index is 12.5. The normalized spacial score (nSPS) is 24.8. The third-order valence-corrected chi connectivity index (χ3v) is 6.57. The van der Waals surface area contributed by atoms with Gasteiger partial charge in [0.15, 0.2) is 0 Å². The predicted molar refractivity (Wildman–Crippen MR) is 107 cm³/mol. The summed E-state index contributed by atoms with van der Waals surface area (Å²) in [5, 5.41) is 11.5. The van der Waals surface area contributed by atoms with Crippen LogP contribution in [-0.4, -0.2) is 71.3 Å². The van der Waals surface area contributed by atoms with Crippen LogP contribution in [0.2, 0.25) is 0 Å². The smallest absolute Gasteiger partial charge is 0.475 e. The molecular formula is C20H29F3N2O4S. The number of likely N-dealkylation sites (tertiary alicyclic amines) is 2. The fraction of sp³-hybridized carbons (Fsp3) is 0.700. The lowest BCUT2D eigenvalue weighted by molar-refractivity contribution is -0.192. The van der Waals surface area contributed by atoms with Crippen LogP contribution in [0.3, 0.4) is 0 Å². The van der Waals surface area contributed by atoms with Gasteiger partial charge in [-0.05, 0) is 54.6 Å². The van der Waals surface area contributed by atoms with Gasteiger partial charge < -0.3 is 14.7 Å². The lowest BCUT2D eigenvalue weighted by Crippen LogP contribution is -2.63. The van der Waals surface area contributed by atoms with Gasteiger partial charge in [-0.25, -0.2) is 4.79 Å². The number of piperidine rings is 1. The van der Waals surface area contributed by atoms with E-state index in [9.17, 15) is 18.0 Å². The van der Waals surface area contributed by atoms with Crippen molar-refractivity contribution in [1.29, 1.82) is 0 Å². The van der Waals surface area contributed by atoms with Crippen LogP contribution < -0.4 is 0 Å². The first-order valence-electron chi connectivity index (χ1n) is 10.0. The summed E-state index contributed by atoms with van der Waals surface area (Å²) in [4.78, 5) is 26.2. The summed E-state index contributed by atoms with van der Waals surface area (Å²) in [5.41, 5.74) is 1.43. The van der Waals surface area contributed by atoms with Gasteiger partial charge in [-0.3, -0.25) is 9.69 Å². The Bertz CT molecular complexity index is 699. The van der Waals surface area contributed by atoms with Crippen molar-refractivity contribution in [2.24, 2.45) is 0 Å². The molecule has 2 fully saturated rings. The summed E-state index contributed by atoms with van der Waals surface area (Å²) in [6.45, 7) is 5.79. The van der Waals surface area contributed by atoms with Crippen molar-refractivity contribution in [2.45, 2.75) is 63.3 Å². The molecule has 2 atom stereocenters. The van der Waals surface area contributed by atoms with Gasteiger partial charge in [0.1, 0.15) is 0 Å². The maximum absolute atomic E-state index is 12.5. The number of nitrogens with zero attached hydrogens (tertiary/aromatic N) is 2. The number of thiophene rings is 1. The van der Waals surface area contributed by atoms with Crippen LogP contribution >= 0.6 is 11.3 Å². The van der Waals surface area contributed by atoms with E-state index in [1.54, 1.807) is 18.4 Å². The van der Waals surface area contributed by atoms with E-state index in [-0.39, 0.29) is 5.54 Å². The SMILES string of the molecule is CC[C@H]1N(Cc2ccsc2)CCC[C@]12CCC(=O)N2CCOC.O=C(O)C(F)(F)F. The molecule has 0 bridgehead atoms. The van der Waals surface area contributed by atoms with Crippen LogP contribution in [0.1, 0.15) is 44.6 Å². The number of amides is 1. The Morgan fingerprint density at radius 2 is 2.10 bits per heavy atom. The third kappa shape index (κ3) is 5.73. The van der Waals surface area contributed by atoms with Crippen LogP contribution in [0.4, 0.5) is 13.2 Å². The van der Waals surface area contributed by atoms with E-state index in [1.807, 2.05) is 0 Å². The molecule has 0 saturated carbocycles. The minimum absolute atomic E-state index is 0.0264. The number of aliphatic carboxylic acids is 1. The van der Waals surface area contributed by atoms with Gasteiger partial charge in [-0.2, -0.15) is 24.5 Å². The Morgan fingerprint density at radius 3 is 2.63 bits per heavy atom. The van der Waals surface area contributed by atoms with E-state index >= 15 is 0 Å². The van der Waals surface area contributed by atoms with Crippen molar-refractivity contribution >= 4 is 23.2 Å². The Hall–Kier alpha value is -1.65. The molecular weight excluding hydrogens is 421 g/mol. The third-order valence-electron chi connectivity index (χ3n) is 5.84. The molecule has 1 spiro atoms. The van der Waals surface area contributed by atoms with E-state index in [4.69, 9.17) is 14.6 Å². The minimum atomic E-state index is -5.08. The molecule has 3 heterocycles. The quantitative estimate of drug-likeness (QED) is 0.715. The van der Waals surface area contributed by atoms with Crippen LogP contribution in [-0.2, 0) is 20.9 Å². The van der Waals surface area contributed by atoms with Gasteiger partial charge in [0.05, 0.1) is 12.1 Å². The number of alkyl halides is 3. The Labute approximate surface area is 178 Å².